The molecule has 0 amide bonds. The maximum Gasteiger partial charge on any atom is 0.320 e. The topological polar surface area (TPSA) is 83.9 Å². The van der Waals surface area contributed by atoms with Gasteiger partial charge in [-0.2, -0.15) is 0 Å². The molecule has 2 heterocycles. The van der Waals surface area contributed by atoms with Crippen LogP contribution in [0.1, 0.15) is 11.3 Å². The van der Waals surface area contributed by atoms with Crippen molar-refractivity contribution >= 4 is 11.6 Å². The number of halogens is 2. The molecule has 4 aromatic rings. The lowest BCUT2D eigenvalue weighted by atomic mass is 10.2. The Bertz CT molecular complexity index is 1360. The lowest BCUT2D eigenvalue weighted by molar-refractivity contribution is 0.415. The molecule has 0 unspecified atom stereocenters. The van der Waals surface area contributed by atoms with E-state index in [1.807, 2.05) is 0 Å². The van der Waals surface area contributed by atoms with Crippen molar-refractivity contribution in [3.05, 3.63) is 104 Å². The van der Waals surface area contributed by atoms with Crippen LogP contribution in [0.15, 0.2) is 70.6 Å². The van der Waals surface area contributed by atoms with E-state index >= 15 is 0 Å². The zero-order chi connectivity index (χ0) is 22.0. The van der Waals surface area contributed by atoms with E-state index in [4.69, 9.17) is 16.3 Å². The van der Waals surface area contributed by atoms with Gasteiger partial charge >= 0.3 is 11.1 Å². The molecule has 0 atom stereocenters. The molecule has 31 heavy (non-hydrogen) atoms. The summed E-state index contributed by atoms with van der Waals surface area (Å²) in [6.07, 6.45) is 4.57. The minimum atomic E-state index is -0.734. The molecule has 10 heteroatoms. The van der Waals surface area contributed by atoms with Crippen molar-refractivity contribution < 1.29 is 9.13 Å². The van der Waals surface area contributed by atoms with E-state index in [0.717, 1.165) is 0 Å². The lowest BCUT2D eigenvalue weighted by Crippen LogP contribution is -2.40. The number of aromatic nitrogens is 5. The molecule has 0 radical (unpaired) electrons. The van der Waals surface area contributed by atoms with E-state index in [0.29, 0.717) is 27.7 Å². The van der Waals surface area contributed by atoms with Gasteiger partial charge in [0, 0.05) is 18.0 Å². The van der Waals surface area contributed by atoms with Crippen molar-refractivity contribution in [1.82, 2.24) is 24.1 Å². The third-order valence-corrected chi connectivity index (χ3v) is 4.98. The summed E-state index contributed by atoms with van der Waals surface area (Å²) in [6, 6.07) is 11.2. The van der Waals surface area contributed by atoms with Crippen LogP contribution in [-0.4, -0.2) is 31.2 Å². The van der Waals surface area contributed by atoms with E-state index in [2.05, 4.69) is 10.3 Å². The number of hydrogen-bond donors (Lipinski definition) is 0. The quantitative estimate of drug-likeness (QED) is 0.429. The fourth-order valence-corrected chi connectivity index (χ4v) is 3.36. The fraction of sp³-hybridized carbons (Fsp3) is 0.143. The van der Waals surface area contributed by atoms with Crippen molar-refractivity contribution in [2.24, 2.45) is 0 Å². The molecular formula is C21H17ClFN5O3. The Kier molecular flexibility index (Phi) is 5.68. The van der Waals surface area contributed by atoms with Gasteiger partial charge in [0.2, 0.25) is 0 Å². The maximum atomic E-state index is 13.8. The minimum absolute atomic E-state index is 0.0511. The van der Waals surface area contributed by atoms with Gasteiger partial charge < -0.3 is 9.30 Å². The highest BCUT2D eigenvalue weighted by Crippen LogP contribution is 2.25. The zero-order valence-corrected chi connectivity index (χ0v) is 17.2. The molecule has 158 valence electrons. The average molecular weight is 442 g/mol. The lowest BCUT2D eigenvalue weighted by Gasteiger charge is -2.10. The van der Waals surface area contributed by atoms with Gasteiger partial charge in [-0.25, -0.2) is 9.07 Å². The molecular weight excluding hydrogens is 425 g/mol. The van der Waals surface area contributed by atoms with Crippen LogP contribution in [0.4, 0.5) is 4.39 Å². The summed E-state index contributed by atoms with van der Waals surface area (Å²) in [5, 5.41) is 8.30. The van der Waals surface area contributed by atoms with Crippen molar-refractivity contribution in [3.8, 4) is 11.4 Å². The highest BCUT2D eigenvalue weighted by atomic mass is 35.5. The molecule has 0 saturated heterocycles. The Morgan fingerprint density at radius 1 is 1.06 bits per heavy atom. The first kappa shape index (κ1) is 20.5. The first-order chi connectivity index (χ1) is 15.0. The summed E-state index contributed by atoms with van der Waals surface area (Å²) in [7, 11) is 1.49. The van der Waals surface area contributed by atoms with Crippen LogP contribution in [-0.2, 0) is 13.1 Å². The van der Waals surface area contributed by atoms with E-state index in [-0.39, 0.29) is 18.9 Å². The molecule has 0 aliphatic rings. The normalized spacial score (nSPS) is 10.9. The Labute approximate surface area is 180 Å². The molecule has 0 aliphatic carbocycles. The molecule has 0 fully saturated rings. The van der Waals surface area contributed by atoms with Crippen LogP contribution in [0.5, 0.6) is 5.75 Å². The summed E-state index contributed by atoms with van der Waals surface area (Å²) in [4.78, 5) is 25.2. The van der Waals surface area contributed by atoms with Crippen LogP contribution in [0.3, 0.4) is 0 Å². The summed E-state index contributed by atoms with van der Waals surface area (Å²) in [5.41, 5.74) is -0.0867. The average Bonchev–Trinajstić information content (AvgIpc) is 3.20. The van der Waals surface area contributed by atoms with E-state index in [1.54, 1.807) is 42.6 Å². The van der Waals surface area contributed by atoms with Gasteiger partial charge in [0.05, 0.1) is 37.1 Å². The number of nitrogens with zero attached hydrogens (tertiary/aromatic N) is 5. The molecule has 0 spiro atoms. The van der Waals surface area contributed by atoms with E-state index in [1.165, 1.54) is 39.4 Å². The van der Waals surface area contributed by atoms with Crippen LogP contribution >= 0.6 is 11.6 Å². The van der Waals surface area contributed by atoms with Crippen molar-refractivity contribution in [2.45, 2.75) is 13.1 Å². The van der Waals surface area contributed by atoms with E-state index in [9.17, 15) is 14.0 Å². The van der Waals surface area contributed by atoms with Gasteiger partial charge in [-0.1, -0.05) is 35.0 Å². The van der Waals surface area contributed by atoms with Gasteiger partial charge in [-0.15, -0.1) is 5.10 Å². The molecule has 4 rings (SSSR count). The number of ether oxygens (including phenoxy) is 1. The second-order valence-corrected chi connectivity index (χ2v) is 7.13. The zero-order valence-electron chi connectivity index (χ0n) is 16.4. The molecule has 8 nitrogen and oxygen atoms in total. The minimum Gasteiger partial charge on any atom is -0.495 e. The molecule has 2 aromatic heterocycles. The van der Waals surface area contributed by atoms with Crippen molar-refractivity contribution in [2.75, 3.05) is 7.11 Å². The Hall–Kier alpha value is -3.72. The van der Waals surface area contributed by atoms with Crippen LogP contribution in [0.25, 0.3) is 5.69 Å². The van der Waals surface area contributed by atoms with Gasteiger partial charge in [0.1, 0.15) is 17.3 Å². The summed E-state index contributed by atoms with van der Waals surface area (Å²) >= 11 is 6.12. The molecule has 0 aliphatic heterocycles. The highest BCUT2D eigenvalue weighted by molar-refractivity contribution is 6.32. The standard InChI is InChI=1S/C21H17ClFN5O3/c1-31-19-7-6-16(10-17(19)22)28-9-8-26(20(29)21(28)30)12-15-13-27(25-24-15)11-14-4-2-3-5-18(14)23/h2-10,13H,11-12H2,1H3. The Morgan fingerprint density at radius 2 is 1.87 bits per heavy atom. The first-order valence-electron chi connectivity index (χ1n) is 9.24. The summed E-state index contributed by atoms with van der Waals surface area (Å²) < 4.78 is 22.8. The number of methoxy groups -OCH3 is 1. The van der Waals surface area contributed by atoms with Gasteiger partial charge in [-0.3, -0.25) is 14.2 Å². The maximum absolute atomic E-state index is 13.8. The van der Waals surface area contributed by atoms with Crippen molar-refractivity contribution in [1.29, 1.82) is 0 Å². The van der Waals surface area contributed by atoms with Gasteiger partial charge in [-0.05, 0) is 24.3 Å². The largest absolute Gasteiger partial charge is 0.495 e. The Balaban J connectivity index is 1.57. The molecule has 2 aromatic carbocycles. The smallest absolute Gasteiger partial charge is 0.320 e. The highest BCUT2D eigenvalue weighted by Gasteiger charge is 2.11. The summed E-state index contributed by atoms with van der Waals surface area (Å²) in [5.74, 6) is 0.128. The first-order valence-corrected chi connectivity index (χ1v) is 9.62. The van der Waals surface area contributed by atoms with Crippen LogP contribution in [0.2, 0.25) is 5.02 Å². The third kappa shape index (κ3) is 4.26. The molecule has 0 N–H and O–H groups in total. The van der Waals surface area contributed by atoms with Crippen LogP contribution < -0.4 is 15.9 Å². The van der Waals surface area contributed by atoms with E-state index < -0.39 is 11.1 Å². The molecule has 0 bridgehead atoms. The SMILES string of the molecule is COc1ccc(-n2ccn(Cc3cn(Cc4ccccc4F)nn3)c(=O)c2=O)cc1Cl. The number of hydrogen-bond acceptors (Lipinski definition) is 5. The fourth-order valence-electron chi connectivity index (χ4n) is 3.11. The van der Waals surface area contributed by atoms with Gasteiger partial charge in [0.15, 0.2) is 0 Å². The number of rotatable bonds is 6. The summed E-state index contributed by atoms with van der Waals surface area (Å²) in [6.45, 7) is 0.254. The van der Waals surface area contributed by atoms with Crippen molar-refractivity contribution in [3.63, 3.8) is 0 Å². The number of benzene rings is 2. The van der Waals surface area contributed by atoms with Gasteiger partial charge in [0.25, 0.3) is 0 Å². The predicted octanol–water partition coefficient (Wildman–Crippen LogP) is 2.49. The second-order valence-electron chi connectivity index (χ2n) is 6.72. The monoisotopic (exact) mass is 441 g/mol. The Morgan fingerprint density at radius 3 is 2.61 bits per heavy atom. The molecule has 0 saturated carbocycles. The third-order valence-electron chi connectivity index (χ3n) is 4.68. The predicted molar refractivity (Wildman–Crippen MR) is 112 cm³/mol. The second kappa shape index (κ2) is 8.57. The van der Waals surface area contributed by atoms with Crippen LogP contribution in [0, 0.1) is 5.82 Å².